The van der Waals surface area contributed by atoms with Gasteiger partial charge in [0.05, 0.1) is 6.61 Å². The maximum Gasteiger partial charge on any atom is 0.0556 e. The molecule has 4 nitrogen and oxygen atoms in total. The van der Waals surface area contributed by atoms with Crippen LogP contribution in [0.2, 0.25) is 0 Å². The van der Waals surface area contributed by atoms with Crippen molar-refractivity contribution < 1.29 is 5.11 Å². The molecule has 114 valence electrons. The zero-order valence-electron chi connectivity index (χ0n) is 12.5. The van der Waals surface area contributed by atoms with Gasteiger partial charge in [0.15, 0.2) is 0 Å². The molecule has 0 spiro atoms. The van der Waals surface area contributed by atoms with E-state index >= 15 is 0 Å². The zero-order valence-corrected chi connectivity index (χ0v) is 13.3. The van der Waals surface area contributed by atoms with Crippen molar-refractivity contribution in [2.45, 2.75) is 32.7 Å². The minimum Gasteiger partial charge on any atom is -0.399 e. The summed E-state index contributed by atoms with van der Waals surface area (Å²) in [5, 5.41) is 12.2. The van der Waals surface area contributed by atoms with Gasteiger partial charge in [-0.25, -0.2) is 4.31 Å². The van der Waals surface area contributed by atoms with Gasteiger partial charge in [0.25, 0.3) is 0 Å². The van der Waals surface area contributed by atoms with E-state index in [1.54, 1.807) is 11.9 Å². The molecular weight excluding hydrogens is 270 g/mol. The first-order valence-corrected chi connectivity index (χ1v) is 8.00. The highest BCUT2D eigenvalue weighted by Crippen LogP contribution is 2.26. The first-order chi connectivity index (χ1) is 9.69. The molecule has 0 amide bonds. The van der Waals surface area contributed by atoms with Crippen LogP contribution < -0.4 is 11.1 Å². The Morgan fingerprint density at radius 3 is 2.55 bits per heavy atom. The van der Waals surface area contributed by atoms with Crippen LogP contribution in [0.25, 0.3) is 0 Å². The summed E-state index contributed by atoms with van der Waals surface area (Å²) in [6, 6.07) is 0.544. The van der Waals surface area contributed by atoms with E-state index in [1.165, 1.54) is 4.91 Å². The Hall–Kier alpha value is -0.750. The lowest BCUT2D eigenvalue weighted by atomic mass is 10.1. The molecule has 0 aliphatic carbocycles. The van der Waals surface area contributed by atoms with E-state index in [0.717, 1.165) is 31.6 Å². The molecule has 0 saturated carbocycles. The minimum atomic E-state index is 0.217. The van der Waals surface area contributed by atoms with Crippen LogP contribution in [0.3, 0.4) is 0 Å². The quantitative estimate of drug-likeness (QED) is 0.495. The fourth-order valence-corrected chi connectivity index (χ4v) is 2.95. The van der Waals surface area contributed by atoms with Crippen LogP contribution in [0, 0.1) is 0 Å². The predicted octanol–water partition coefficient (Wildman–Crippen LogP) is 2.00. The maximum absolute atomic E-state index is 8.82. The average molecular weight is 297 g/mol. The fourth-order valence-electron chi connectivity index (χ4n) is 2.02. The summed E-state index contributed by atoms with van der Waals surface area (Å²) in [5.41, 5.74) is 6.56. The number of nitrogens with zero attached hydrogens (tertiary/aromatic N) is 1. The Labute approximate surface area is 126 Å². The largest absolute Gasteiger partial charge is 0.399 e. The molecule has 0 unspecified atom stereocenters. The summed E-state index contributed by atoms with van der Waals surface area (Å²) < 4.78 is 2.39. The molecule has 0 radical (unpaired) electrons. The van der Waals surface area contributed by atoms with Gasteiger partial charge in [-0.15, -0.1) is 0 Å². The molecule has 0 aromatic rings. The summed E-state index contributed by atoms with van der Waals surface area (Å²) in [5.74, 6) is 0. The second-order valence-corrected chi connectivity index (χ2v) is 5.96. The number of piperidine rings is 1. The highest BCUT2D eigenvalue weighted by atomic mass is 32.2. The lowest BCUT2D eigenvalue weighted by Crippen LogP contribution is -2.40. The summed E-state index contributed by atoms with van der Waals surface area (Å²) >= 11 is 1.79. The minimum absolute atomic E-state index is 0.217. The van der Waals surface area contributed by atoms with Crippen molar-refractivity contribution in [1.82, 2.24) is 9.62 Å². The average Bonchev–Trinajstić information content (AvgIpc) is 2.50. The molecule has 1 fully saturated rings. The number of allylic oxidation sites excluding steroid dienone is 4. The Morgan fingerprint density at radius 2 is 2.00 bits per heavy atom. The van der Waals surface area contributed by atoms with Crippen LogP contribution in [0.4, 0.5) is 0 Å². The van der Waals surface area contributed by atoms with Crippen molar-refractivity contribution in [1.29, 1.82) is 0 Å². The van der Waals surface area contributed by atoms with E-state index < -0.39 is 0 Å². The van der Waals surface area contributed by atoms with Gasteiger partial charge in [0, 0.05) is 36.3 Å². The van der Waals surface area contributed by atoms with Crippen LogP contribution in [0.1, 0.15) is 26.7 Å². The van der Waals surface area contributed by atoms with Crippen LogP contribution >= 0.6 is 11.9 Å². The lowest BCUT2D eigenvalue weighted by molar-refractivity contribution is 0.259. The summed E-state index contributed by atoms with van der Waals surface area (Å²) in [6.45, 7) is 7.04. The molecule has 1 rings (SSSR count). The molecule has 20 heavy (non-hydrogen) atoms. The molecule has 0 bridgehead atoms. The van der Waals surface area contributed by atoms with E-state index in [0.29, 0.717) is 12.6 Å². The van der Waals surface area contributed by atoms with Crippen molar-refractivity contribution >= 4 is 11.9 Å². The molecule has 1 aliphatic rings. The normalized spacial score (nSPS) is 19.9. The third-order valence-corrected chi connectivity index (χ3v) is 4.50. The second-order valence-electron chi connectivity index (χ2n) is 4.79. The third-order valence-electron chi connectivity index (χ3n) is 3.29. The van der Waals surface area contributed by atoms with Gasteiger partial charge >= 0.3 is 0 Å². The fraction of sp³-hybridized carbons (Fsp3) is 0.600. The number of nitrogens with one attached hydrogen (secondary N) is 1. The molecule has 1 heterocycles. The number of hydrogen-bond donors (Lipinski definition) is 3. The number of aliphatic hydroxyl groups is 1. The first-order valence-electron chi connectivity index (χ1n) is 7.23. The van der Waals surface area contributed by atoms with Crippen molar-refractivity contribution in [3.63, 3.8) is 0 Å². The number of hydrogen-bond acceptors (Lipinski definition) is 5. The van der Waals surface area contributed by atoms with E-state index in [4.69, 9.17) is 10.8 Å². The molecule has 1 saturated heterocycles. The van der Waals surface area contributed by atoms with Crippen molar-refractivity contribution in [2.24, 2.45) is 5.73 Å². The van der Waals surface area contributed by atoms with Crippen molar-refractivity contribution in [3.05, 3.63) is 34.9 Å². The third kappa shape index (κ3) is 6.61. The van der Waals surface area contributed by atoms with Gasteiger partial charge < -0.3 is 16.2 Å². The van der Waals surface area contributed by atoms with E-state index in [-0.39, 0.29) is 6.61 Å². The van der Waals surface area contributed by atoms with Gasteiger partial charge in [0.2, 0.25) is 0 Å². The van der Waals surface area contributed by atoms with E-state index in [1.807, 2.05) is 26.0 Å². The molecule has 1 aliphatic heterocycles. The summed E-state index contributed by atoms with van der Waals surface area (Å²) in [6.07, 6.45) is 10.3. The standard InChI is InChI=1S/C15H27N3OS/c1-3-13(16)5-6-15(4-2)20-18-10-7-14(8-11-18)17-9-12-19/h3-6,14,17,19H,7-12,16H2,1-2H3/b6-5-,13-3+,15-4+. The van der Waals surface area contributed by atoms with Crippen LogP contribution in [-0.4, -0.2) is 41.7 Å². The monoisotopic (exact) mass is 297 g/mol. The number of aliphatic hydroxyl groups excluding tert-OH is 1. The Morgan fingerprint density at radius 1 is 1.30 bits per heavy atom. The van der Waals surface area contributed by atoms with Gasteiger partial charge in [-0.05, 0) is 50.8 Å². The smallest absolute Gasteiger partial charge is 0.0556 e. The topological polar surface area (TPSA) is 61.5 Å². The predicted molar refractivity (Wildman–Crippen MR) is 88.1 cm³/mol. The molecule has 0 aromatic heterocycles. The maximum atomic E-state index is 8.82. The van der Waals surface area contributed by atoms with Crippen LogP contribution in [0.5, 0.6) is 0 Å². The highest BCUT2D eigenvalue weighted by molar-refractivity contribution is 8.01. The highest BCUT2D eigenvalue weighted by Gasteiger charge is 2.19. The van der Waals surface area contributed by atoms with E-state index in [2.05, 4.69) is 21.8 Å². The van der Waals surface area contributed by atoms with Crippen LogP contribution in [-0.2, 0) is 0 Å². The van der Waals surface area contributed by atoms with Crippen LogP contribution in [0.15, 0.2) is 34.9 Å². The van der Waals surface area contributed by atoms with E-state index in [9.17, 15) is 0 Å². The Kier molecular flexibility index (Phi) is 8.69. The SMILES string of the molecule is C\C=C(N)/C=C\C(=C/C)SN1CCC(NCCO)CC1. The number of nitrogens with two attached hydrogens (primary N) is 1. The Bertz CT molecular complexity index is 358. The molecule has 4 N–H and O–H groups in total. The Balaban J connectivity index is 2.36. The molecule has 0 atom stereocenters. The molecule has 0 aromatic carbocycles. The second kappa shape index (κ2) is 10.0. The van der Waals surface area contributed by atoms with Gasteiger partial charge in [-0.3, -0.25) is 0 Å². The van der Waals surface area contributed by atoms with Crippen molar-refractivity contribution in [2.75, 3.05) is 26.2 Å². The van der Waals surface area contributed by atoms with Gasteiger partial charge in [-0.2, -0.15) is 0 Å². The molecular formula is C15H27N3OS. The zero-order chi connectivity index (χ0) is 14.8. The summed E-state index contributed by atoms with van der Waals surface area (Å²) in [4.78, 5) is 1.22. The number of rotatable bonds is 7. The molecule has 5 heteroatoms. The van der Waals surface area contributed by atoms with Gasteiger partial charge in [-0.1, -0.05) is 12.2 Å². The van der Waals surface area contributed by atoms with Crippen molar-refractivity contribution in [3.8, 4) is 0 Å². The summed E-state index contributed by atoms with van der Waals surface area (Å²) in [7, 11) is 0. The first kappa shape index (κ1) is 17.3. The van der Waals surface area contributed by atoms with Gasteiger partial charge in [0.1, 0.15) is 0 Å². The lowest BCUT2D eigenvalue weighted by Gasteiger charge is -2.31.